The van der Waals surface area contributed by atoms with Crippen LogP contribution in [0, 0.1) is 0 Å². The van der Waals surface area contributed by atoms with Crippen LogP contribution >= 0.6 is 24.0 Å². The van der Waals surface area contributed by atoms with Crippen LogP contribution in [0.5, 0.6) is 0 Å². The van der Waals surface area contributed by atoms with E-state index >= 15 is 0 Å². The molecule has 2 rings (SSSR count). The monoisotopic (exact) mass is 438 g/mol. The molecule has 0 radical (unpaired) electrons. The van der Waals surface area contributed by atoms with Crippen molar-refractivity contribution in [3.8, 4) is 0 Å². The first-order valence-electron chi connectivity index (χ1n) is 7.73. The summed E-state index contributed by atoms with van der Waals surface area (Å²) in [5.41, 5.74) is 0. The van der Waals surface area contributed by atoms with Crippen molar-refractivity contribution in [2.24, 2.45) is 4.99 Å². The molecular weight excluding hydrogens is 411 g/mol. The summed E-state index contributed by atoms with van der Waals surface area (Å²) in [7, 11) is 3.43. The largest absolute Gasteiger partial charge is 0.380 e. The summed E-state index contributed by atoms with van der Waals surface area (Å²) in [4.78, 5) is 8.72. The number of aryl methyl sites for hydroxylation is 1. The number of nitrogens with zero attached hydrogens (tertiary/aromatic N) is 4. The Kier molecular flexibility index (Phi) is 9.41. The summed E-state index contributed by atoms with van der Waals surface area (Å²) in [5.74, 6) is 2.58. The second-order valence-electron chi connectivity index (χ2n) is 5.14. The number of nitrogens with one attached hydrogen (secondary N) is 2. The zero-order valence-electron chi connectivity index (χ0n) is 14.0. The Morgan fingerprint density at radius 2 is 2.30 bits per heavy atom. The van der Waals surface area contributed by atoms with Gasteiger partial charge in [-0.2, -0.15) is 5.10 Å². The van der Waals surface area contributed by atoms with E-state index < -0.39 is 0 Å². The molecule has 1 aromatic heterocycles. The Labute approximate surface area is 154 Å². The lowest BCUT2D eigenvalue weighted by Crippen LogP contribution is -2.47. The highest BCUT2D eigenvalue weighted by Gasteiger charge is 2.22. The van der Waals surface area contributed by atoms with Crippen molar-refractivity contribution in [2.75, 3.05) is 33.9 Å². The number of hydrogen-bond acceptors (Lipinski definition) is 5. The number of guanidine groups is 1. The molecule has 1 aliphatic rings. The summed E-state index contributed by atoms with van der Waals surface area (Å²) in [6, 6.07) is 0.294. The van der Waals surface area contributed by atoms with Crippen LogP contribution in [0.1, 0.15) is 25.0 Å². The van der Waals surface area contributed by atoms with Gasteiger partial charge in [-0.05, 0) is 13.3 Å². The third-order valence-corrected chi connectivity index (χ3v) is 3.48. The zero-order chi connectivity index (χ0) is 15.8. The number of hydrogen-bond donors (Lipinski definition) is 2. The molecule has 0 aliphatic carbocycles. The van der Waals surface area contributed by atoms with Crippen LogP contribution in [0.4, 0.5) is 0 Å². The number of fused-ring (bicyclic) bond motifs is 1. The fourth-order valence-corrected chi connectivity index (χ4v) is 2.44. The first kappa shape index (κ1) is 20.1. The van der Waals surface area contributed by atoms with Crippen LogP contribution in [-0.4, -0.2) is 60.7 Å². The number of ether oxygens (including phenoxy) is 2. The Morgan fingerprint density at radius 3 is 3.00 bits per heavy atom. The molecule has 2 N–H and O–H groups in total. The van der Waals surface area contributed by atoms with Gasteiger partial charge in [0.15, 0.2) is 11.8 Å². The lowest BCUT2D eigenvalue weighted by molar-refractivity contribution is 0.152. The van der Waals surface area contributed by atoms with Gasteiger partial charge in [0.25, 0.3) is 0 Å². The summed E-state index contributed by atoms with van der Waals surface area (Å²) in [6.45, 7) is 5.39. The lowest BCUT2D eigenvalue weighted by Gasteiger charge is -2.25. The van der Waals surface area contributed by atoms with Gasteiger partial charge in [0.05, 0.1) is 13.2 Å². The second-order valence-corrected chi connectivity index (χ2v) is 5.14. The highest BCUT2D eigenvalue weighted by Crippen LogP contribution is 2.13. The minimum Gasteiger partial charge on any atom is -0.380 e. The Hall–Kier alpha value is -0.940. The maximum Gasteiger partial charge on any atom is 0.191 e. The maximum absolute atomic E-state index is 5.31. The minimum atomic E-state index is 0. The Bertz CT molecular complexity index is 494. The van der Waals surface area contributed by atoms with Gasteiger partial charge < -0.3 is 20.1 Å². The topological polar surface area (TPSA) is 85.6 Å². The number of aromatic nitrogens is 3. The predicted octanol–water partition coefficient (Wildman–Crippen LogP) is 0.559. The fourth-order valence-electron chi connectivity index (χ4n) is 2.44. The smallest absolute Gasteiger partial charge is 0.191 e. The van der Waals surface area contributed by atoms with E-state index in [9.17, 15) is 0 Å². The summed E-state index contributed by atoms with van der Waals surface area (Å²) in [5, 5.41) is 11.1. The van der Waals surface area contributed by atoms with E-state index in [1.54, 1.807) is 14.2 Å². The highest BCUT2D eigenvalue weighted by atomic mass is 127. The first-order chi connectivity index (χ1) is 10.8. The van der Waals surface area contributed by atoms with Crippen LogP contribution < -0.4 is 10.6 Å². The fraction of sp³-hybridized carbons (Fsp3) is 0.786. The molecule has 0 saturated carbocycles. The van der Waals surface area contributed by atoms with Gasteiger partial charge in [-0.1, -0.05) is 0 Å². The molecule has 1 unspecified atom stereocenters. The second kappa shape index (κ2) is 10.8. The molecule has 0 amide bonds. The molecule has 1 aliphatic heterocycles. The number of halogens is 1. The van der Waals surface area contributed by atoms with E-state index in [0.717, 1.165) is 50.1 Å². The lowest BCUT2D eigenvalue weighted by atomic mass is 10.1. The molecule has 23 heavy (non-hydrogen) atoms. The minimum absolute atomic E-state index is 0. The van der Waals surface area contributed by atoms with Gasteiger partial charge in [0, 0.05) is 39.8 Å². The molecule has 1 atom stereocenters. The number of methoxy groups -OCH3 is 1. The van der Waals surface area contributed by atoms with Crippen LogP contribution in [-0.2, 0) is 29.0 Å². The summed E-state index contributed by atoms with van der Waals surface area (Å²) in [6.07, 6.45) is 1.92. The molecule has 2 heterocycles. The third kappa shape index (κ3) is 6.22. The van der Waals surface area contributed by atoms with E-state index in [1.807, 2.05) is 11.6 Å². The van der Waals surface area contributed by atoms with Crippen molar-refractivity contribution in [1.82, 2.24) is 25.4 Å². The molecule has 0 aromatic carbocycles. The molecule has 1 aromatic rings. The molecule has 9 heteroatoms. The van der Waals surface area contributed by atoms with Crippen molar-refractivity contribution in [1.29, 1.82) is 0 Å². The maximum atomic E-state index is 5.31. The standard InChI is InChI=1S/C14H26N6O2.HI/c1-4-22-8-7-16-14(15-2)17-11-5-6-13-18-12(10-21-3)19-20(13)9-11;/h11H,4-10H2,1-3H3,(H2,15,16,17);1H. The van der Waals surface area contributed by atoms with E-state index in [1.165, 1.54) is 0 Å². The summed E-state index contributed by atoms with van der Waals surface area (Å²) >= 11 is 0. The van der Waals surface area contributed by atoms with E-state index in [0.29, 0.717) is 19.3 Å². The van der Waals surface area contributed by atoms with Crippen molar-refractivity contribution < 1.29 is 9.47 Å². The molecule has 0 saturated heterocycles. The van der Waals surface area contributed by atoms with Gasteiger partial charge in [0.1, 0.15) is 12.4 Å². The van der Waals surface area contributed by atoms with Gasteiger partial charge >= 0.3 is 0 Å². The molecule has 0 fully saturated rings. The van der Waals surface area contributed by atoms with Crippen molar-refractivity contribution in [2.45, 2.75) is 39.0 Å². The van der Waals surface area contributed by atoms with Gasteiger partial charge in [-0.25, -0.2) is 9.67 Å². The van der Waals surface area contributed by atoms with E-state index in [2.05, 4.69) is 25.7 Å². The van der Waals surface area contributed by atoms with Crippen LogP contribution in [0.2, 0.25) is 0 Å². The first-order valence-corrected chi connectivity index (χ1v) is 7.73. The Balaban J connectivity index is 0.00000264. The van der Waals surface area contributed by atoms with Gasteiger partial charge in [0.2, 0.25) is 0 Å². The Morgan fingerprint density at radius 1 is 1.48 bits per heavy atom. The van der Waals surface area contributed by atoms with Crippen LogP contribution in [0.25, 0.3) is 0 Å². The number of aliphatic imine (C=N–C) groups is 1. The number of rotatable bonds is 7. The van der Waals surface area contributed by atoms with Crippen LogP contribution in [0.15, 0.2) is 4.99 Å². The average Bonchev–Trinajstić information content (AvgIpc) is 2.92. The quantitative estimate of drug-likeness (QED) is 0.280. The molecule has 0 spiro atoms. The SMILES string of the molecule is CCOCCNC(=NC)NC1CCc2nc(COC)nn2C1.I. The molecule has 132 valence electrons. The zero-order valence-corrected chi connectivity index (χ0v) is 16.4. The normalized spacial score (nSPS) is 17.3. The van der Waals surface area contributed by atoms with E-state index in [4.69, 9.17) is 9.47 Å². The van der Waals surface area contributed by atoms with Crippen molar-refractivity contribution in [3.05, 3.63) is 11.6 Å². The molecule has 8 nitrogen and oxygen atoms in total. The predicted molar refractivity (Wildman–Crippen MR) is 99.2 cm³/mol. The third-order valence-electron chi connectivity index (χ3n) is 3.48. The molecule has 0 bridgehead atoms. The molecular formula is C14H27IN6O2. The van der Waals surface area contributed by atoms with Crippen molar-refractivity contribution >= 4 is 29.9 Å². The van der Waals surface area contributed by atoms with E-state index in [-0.39, 0.29) is 24.0 Å². The van der Waals surface area contributed by atoms with Crippen molar-refractivity contribution in [3.63, 3.8) is 0 Å². The van der Waals surface area contributed by atoms with Gasteiger partial charge in [-0.15, -0.1) is 24.0 Å². The summed E-state index contributed by atoms with van der Waals surface area (Å²) < 4.78 is 12.4. The van der Waals surface area contributed by atoms with Crippen LogP contribution in [0.3, 0.4) is 0 Å². The van der Waals surface area contributed by atoms with Gasteiger partial charge in [-0.3, -0.25) is 4.99 Å². The average molecular weight is 438 g/mol. The highest BCUT2D eigenvalue weighted by molar-refractivity contribution is 14.0.